The summed E-state index contributed by atoms with van der Waals surface area (Å²) in [5, 5.41) is 13.8. The molecule has 2 aromatic heterocycles. The quantitative estimate of drug-likeness (QED) is 0.854. The van der Waals surface area contributed by atoms with Crippen LogP contribution in [0.1, 0.15) is 37.9 Å². The number of aromatic nitrogens is 4. The van der Waals surface area contributed by atoms with Crippen LogP contribution in [0.3, 0.4) is 0 Å². The largest absolute Gasteiger partial charge is 0.387 e. The Bertz CT molecular complexity index is 472. The minimum atomic E-state index is -0.465. The second-order valence-electron chi connectivity index (χ2n) is 4.14. The summed E-state index contributed by atoms with van der Waals surface area (Å²) in [4.78, 5) is 4.26. The molecule has 2 heterocycles. The maximum atomic E-state index is 9.63. The Balaban J connectivity index is 2.19. The Morgan fingerprint density at radius 3 is 3.00 bits per heavy atom. The predicted molar refractivity (Wildman–Crippen MR) is 64.5 cm³/mol. The van der Waals surface area contributed by atoms with Crippen LogP contribution in [0.25, 0.3) is 0 Å². The maximum absolute atomic E-state index is 9.63. The van der Waals surface area contributed by atoms with Gasteiger partial charge in [0.2, 0.25) is 0 Å². The average molecular weight is 234 g/mol. The minimum absolute atomic E-state index is 0.465. The highest BCUT2D eigenvalue weighted by Gasteiger charge is 2.10. The van der Waals surface area contributed by atoms with Crippen molar-refractivity contribution in [2.24, 2.45) is 0 Å². The van der Waals surface area contributed by atoms with Gasteiger partial charge in [0.15, 0.2) is 0 Å². The molecule has 17 heavy (non-hydrogen) atoms. The molecule has 1 atom stereocenters. The Hall–Kier alpha value is -1.62. The Morgan fingerprint density at radius 1 is 1.47 bits per heavy atom. The van der Waals surface area contributed by atoms with Crippen LogP contribution in [0.15, 0.2) is 24.7 Å². The lowest BCUT2D eigenvalue weighted by Crippen LogP contribution is -2.12. The number of hydrogen-bond acceptors (Lipinski definition) is 3. The molecule has 5 heteroatoms. The van der Waals surface area contributed by atoms with Gasteiger partial charge in [-0.2, -0.15) is 5.10 Å². The minimum Gasteiger partial charge on any atom is -0.387 e. The van der Waals surface area contributed by atoms with Gasteiger partial charge in [-0.3, -0.25) is 0 Å². The van der Waals surface area contributed by atoms with Crippen LogP contribution in [0.5, 0.6) is 0 Å². The maximum Gasteiger partial charge on any atom is 0.146 e. The summed E-state index contributed by atoms with van der Waals surface area (Å²) in [7, 11) is 0. The predicted octanol–water partition coefficient (Wildman–Crippen LogP) is 1.59. The SMILES string of the molecule is CCCn1ncnc1Cn1cccc1C(C)O. The number of aliphatic hydroxyl groups is 1. The van der Waals surface area contributed by atoms with Crippen molar-refractivity contribution < 1.29 is 5.11 Å². The standard InChI is InChI=1S/C12H18N4O/c1-3-6-16-12(13-9-14-16)8-15-7-4-5-11(15)10(2)17/h4-5,7,9-10,17H,3,6,8H2,1-2H3. The number of rotatable bonds is 5. The van der Waals surface area contributed by atoms with E-state index in [4.69, 9.17) is 0 Å². The molecule has 0 amide bonds. The fourth-order valence-electron chi connectivity index (χ4n) is 1.91. The van der Waals surface area contributed by atoms with Crippen LogP contribution in [0.4, 0.5) is 0 Å². The van der Waals surface area contributed by atoms with Crippen LogP contribution < -0.4 is 0 Å². The number of hydrogen-bond donors (Lipinski definition) is 1. The smallest absolute Gasteiger partial charge is 0.146 e. The van der Waals surface area contributed by atoms with Gasteiger partial charge < -0.3 is 9.67 Å². The van der Waals surface area contributed by atoms with Crippen molar-refractivity contribution in [3.63, 3.8) is 0 Å². The molecule has 0 bridgehead atoms. The second kappa shape index (κ2) is 5.14. The van der Waals surface area contributed by atoms with Gasteiger partial charge in [0.05, 0.1) is 12.6 Å². The zero-order valence-corrected chi connectivity index (χ0v) is 10.2. The first-order chi connectivity index (χ1) is 8.22. The van der Waals surface area contributed by atoms with Gasteiger partial charge >= 0.3 is 0 Å². The molecular weight excluding hydrogens is 216 g/mol. The zero-order valence-electron chi connectivity index (χ0n) is 10.2. The third-order valence-electron chi connectivity index (χ3n) is 2.74. The normalized spacial score (nSPS) is 12.9. The Morgan fingerprint density at radius 2 is 2.29 bits per heavy atom. The summed E-state index contributed by atoms with van der Waals surface area (Å²) < 4.78 is 3.91. The van der Waals surface area contributed by atoms with Crippen molar-refractivity contribution in [3.05, 3.63) is 36.2 Å². The Labute approximate surface area is 101 Å². The molecular formula is C12H18N4O. The summed E-state index contributed by atoms with van der Waals surface area (Å²) in [5.41, 5.74) is 0.899. The molecule has 0 aromatic carbocycles. The van der Waals surface area contributed by atoms with Crippen molar-refractivity contribution in [3.8, 4) is 0 Å². The lowest BCUT2D eigenvalue weighted by molar-refractivity contribution is 0.189. The fraction of sp³-hybridized carbons (Fsp3) is 0.500. The van der Waals surface area contributed by atoms with Crippen LogP contribution in [0, 0.1) is 0 Å². The number of aliphatic hydroxyl groups excluding tert-OH is 1. The highest BCUT2D eigenvalue weighted by atomic mass is 16.3. The van der Waals surface area contributed by atoms with E-state index in [0.29, 0.717) is 6.54 Å². The van der Waals surface area contributed by atoms with E-state index < -0.39 is 6.10 Å². The van der Waals surface area contributed by atoms with E-state index in [1.165, 1.54) is 0 Å². The van der Waals surface area contributed by atoms with Gasteiger partial charge in [-0.05, 0) is 25.5 Å². The van der Waals surface area contributed by atoms with Crippen LogP contribution in [-0.2, 0) is 13.1 Å². The average Bonchev–Trinajstić information content (AvgIpc) is 2.89. The number of aryl methyl sites for hydroxylation is 1. The molecule has 0 fully saturated rings. The van der Waals surface area contributed by atoms with Gasteiger partial charge in [0.1, 0.15) is 12.2 Å². The van der Waals surface area contributed by atoms with Crippen molar-refractivity contribution in [1.29, 1.82) is 0 Å². The molecule has 0 aliphatic heterocycles. The molecule has 0 saturated heterocycles. The molecule has 92 valence electrons. The van der Waals surface area contributed by atoms with Crippen molar-refractivity contribution in [2.75, 3.05) is 0 Å². The van der Waals surface area contributed by atoms with Crippen LogP contribution in [-0.4, -0.2) is 24.4 Å². The summed E-state index contributed by atoms with van der Waals surface area (Å²) in [5.74, 6) is 0.921. The summed E-state index contributed by atoms with van der Waals surface area (Å²) in [6.07, 6.45) is 4.10. The summed E-state index contributed by atoms with van der Waals surface area (Å²) in [6.45, 7) is 5.40. The molecule has 5 nitrogen and oxygen atoms in total. The molecule has 1 N–H and O–H groups in total. The van der Waals surface area contributed by atoms with Gasteiger partial charge in [0, 0.05) is 18.4 Å². The summed E-state index contributed by atoms with van der Waals surface area (Å²) >= 11 is 0. The first-order valence-corrected chi connectivity index (χ1v) is 5.92. The van der Waals surface area contributed by atoms with E-state index in [2.05, 4.69) is 17.0 Å². The van der Waals surface area contributed by atoms with E-state index in [1.54, 1.807) is 13.3 Å². The summed E-state index contributed by atoms with van der Waals surface area (Å²) in [6, 6.07) is 3.85. The van der Waals surface area contributed by atoms with E-state index in [-0.39, 0.29) is 0 Å². The molecule has 1 unspecified atom stereocenters. The first-order valence-electron chi connectivity index (χ1n) is 5.92. The molecule has 0 spiro atoms. The second-order valence-corrected chi connectivity index (χ2v) is 4.14. The lowest BCUT2D eigenvalue weighted by atomic mass is 10.3. The Kier molecular flexibility index (Phi) is 3.58. The monoisotopic (exact) mass is 234 g/mol. The lowest BCUT2D eigenvalue weighted by Gasteiger charge is -2.11. The van der Waals surface area contributed by atoms with Gasteiger partial charge in [-0.1, -0.05) is 6.92 Å². The highest BCUT2D eigenvalue weighted by molar-refractivity contribution is 5.11. The van der Waals surface area contributed by atoms with Crippen molar-refractivity contribution in [2.45, 2.75) is 39.5 Å². The molecule has 0 saturated carbocycles. The third kappa shape index (κ3) is 2.55. The third-order valence-corrected chi connectivity index (χ3v) is 2.74. The molecule has 2 rings (SSSR count). The van der Waals surface area contributed by atoms with Gasteiger partial charge in [0.25, 0.3) is 0 Å². The molecule has 0 aliphatic rings. The van der Waals surface area contributed by atoms with E-state index >= 15 is 0 Å². The van der Waals surface area contributed by atoms with E-state index in [1.807, 2.05) is 27.6 Å². The topological polar surface area (TPSA) is 55.9 Å². The molecule has 0 radical (unpaired) electrons. The number of nitrogens with zero attached hydrogens (tertiary/aromatic N) is 4. The van der Waals surface area contributed by atoms with Crippen molar-refractivity contribution >= 4 is 0 Å². The fourth-order valence-corrected chi connectivity index (χ4v) is 1.91. The zero-order chi connectivity index (χ0) is 12.3. The molecule has 0 aliphatic carbocycles. The van der Waals surface area contributed by atoms with E-state index in [0.717, 1.165) is 24.5 Å². The van der Waals surface area contributed by atoms with Crippen LogP contribution >= 0.6 is 0 Å². The van der Waals surface area contributed by atoms with E-state index in [9.17, 15) is 5.11 Å². The highest BCUT2D eigenvalue weighted by Crippen LogP contribution is 2.14. The molecule has 2 aromatic rings. The van der Waals surface area contributed by atoms with Gasteiger partial charge in [-0.15, -0.1) is 0 Å². The van der Waals surface area contributed by atoms with Gasteiger partial charge in [-0.25, -0.2) is 9.67 Å². The first kappa shape index (κ1) is 11.9. The van der Waals surface area contributed by atoms with Crippen molar-refractivity contribution in [1.82, 2.24) is 19.3 Å². The van der Waals surface area contributed by atoms with Crippen LogP contribution in [0.2, 0.25) is 0 Å².